The summed E-state index contributed by atoms with van der Waals surface area (Å²) in [5.41, 5.74) is 3.45. The Morgan fingerprint density at radius 1 is 0.796 bits per heavy atom. The summed E-state index contributed by atoms with van der Waals surface area (Å²) in [4.78, 5) is 8.65. The number of rotatable bonds is 4. The summed E-state index contributed by atoms with van der Waals surface area (Å²) in [6.45, 7) is -2.61. The first-order chi connectivity index (χ1) is 25.4. The van der Waals surface area contributed by atoms with E-state index in [1.807, 2.05) is 66.7 Å². The van der Waals surface area contributed by atoms with Gasteiger partial charge in [-0.2, -0.15) is 13.2 Å². The van der Waals surface area contributed by atoms with Gasteiger partial charge in [-0.1, -0.05) is 55.8 Å². The topological polar surface area (TPSA) is 30.2 Å². The number of fused-ring (bicyclic) bond motifs is 6. The molecule has 1 radical (unpaired) electrons. The summed E-state index contributed by atoms with van der Waals surface area (Å²) in [6.07, 6.45) is -1.56. The molecule has 8 aromatic rings. The van der Waals surface area contributed by atoms with E-state index >= 15 is 0 Å². The van der Waals surface area contributed by atoms with Gasteiger partial charge in [-0.3, -0.25) is 4.39 Å². The Morgan fingerprint density at radius 3 is 2.29 bits per heavy atom. The largest absolute Gasteiger partial charge is 0.394 e. The number of aryl methyl sites for hydroxylation is 2. The van der Waals surface area contributed by atoms with Gasteiger partial charge in [0.05, 0.1) is 16.4 Å². The number of pyridine rings is 2. The van der Waals surface area contributed by atoms with E-state index in [9.17, 15) is 17.6 Å². The summed E-state index contributed by atoms with van der Waals surface area (Å²) in [5.74, 6) is -0.478. The number of hydrogen-bond donors (Lipinski definition) is 0. The maximum absolute atomic E-state index is 13.8. The second-order valence-corrected chi connectivity index (χ2v) is 12.3. The minimum Gasteiger partial charge on any atom is -0.315 e. The third kappa shape index (κ3) is 6.09. The monoisotopic (exact) mass is 840 g/mol. The Hall–Kier alpha value is -4.65. The number of hydrogen-bond acceptors (Lipinski definition) is 2. The first-order valence-electron chi connectivity index (χ1n) is 18.1. The van der Waals surface area contributed by atoms with Crippen molar-refractivity contribution in [2.24, 2.45) is 5.41 Å². The molecule has 0 atom stereocenters. The molecule has 0 aliphatic carbocycles. The SMILES string of the molecule is CC(C)(Cc1ccc2c3ccnc(-c4[c-]cccc4)c3n3c4ccccc4c1c23)C(F)(F)F.[2H]C([2H])([2H])c1cnc(-c2[c-]cc(F)cc2)cc1C([2H])([2H])[2H].[Ir]. The van der Waals surface area contributed by atoms with E-state index in [0.717, 1.165) is 61.6 Å². The fourth-order valence-corrected chi connectivity index (χ4v) is 6.14. The van der Waals surface area contributed by atoms with E-state index in [0.29, 0.717) is 11.1 Å². The number of para-hydroxylation sites is 1. The molecule has 0 fully saturated rings. The average molecular weight is 840 g/mol. The molecule has 0 unspecified atom stereocenters. The van der Waals surface area contributed by atoms with Gasteiger partial charge in [0.25, 0.3) is 0 Å². The van der Waals surface area contributed by atoms with Gasteiger partial charge in [-0.25, -0.2) is 0 Å². The van der Waals surface area contributed by atoms with E-state index < -0.39 is 31.1 Å². The number of alkyl halides is 3. The number of benzene rings is 4. The van der Waals surface area contributed by atoms with Crippen molar-refractivity contribution in [2.45, 2.75) is 40.1 Å². The molecule has 8 heteroatoms. The quantitative estimate of drug-likeness (QED) is 0.131. The molecule has 0 aliphatic heterocycles. The van der Waals surface area contributed by atoms with Crippen molar-refractivity contribution >= 4 is 38.1 Å². The molecule has 3 nitrogen and oxygen atoms in total. The molecule has 4 aromatic heterocycles. The van der Waals surface area contributed by atoms with Crippen LogP contribution in [0.1, 0.15) is 38.8 Å². The number of halogens is 4. The molecule has 0 saturated heterocycles. The minimum absolute atomic E-state index is 0. The summed E-state index contributed by atoms with van der Waals surface area (Å²) in [5, 5.41) is 3.90. The van der Waals surface area contributed by atoms with Crippen LogP contribution < -0.4 is 0 Å². The molecular weight excluding hydrogens is 803 g/mol. The normalized spacial score (nSPS) is 14.3. The van der Waals surface area contributed by atoms with Crippen LogP contribution in [0, 0.1) is 37.1 Å². The zero-order chi connectivity index (χ0) is 38.8. The molecule has 8 rings (SSSR count). The molecule has 0 spiro atoms. The molecular formula is C41H31F4IrN3-2. The molecule has 0 bridgehead atoms. The van der Waals surface area contributed by atoms with Gasteiger partial charge in [0, 0.05) is 79.3 Å². The van der Waals surface area contributed by atoms with Crippen molar-refractivity contribution in [1.29, 1.82) is 0 Å². The van der Waals surface area contributed by atoms with Gasteiger partial charge in [0.2, 0.25) is 0 Å². The summed E-state index contributed by atoms with van der Waals surface area (Å²) < 4.78 is 101. The summed E-state index contributed by atoms with van der Waals surface area (Å²) in [6, 6.07) is 32.2. The Labute approximate surface area is 303 Å². The fourth-order valence-electron chi connectivity index (χ4n) is 6.14. The summed E-state index contributed by atoms with van der Waals surface area (Å²) in [7, 11) is 0. The van der Waals surface area contributed by atoms with Gasteiger partial charge in [-0.15, -0.1) is 65.7 Å². The molecule has 0 saturated carbocycles. The molecule has 0 aliphatic rings. The van der Waals surface area contributed by atoms with Crippen LogP contribution in [0.4, 0.5) is 17.6 Å². The van der Waals surface area contributed by atoms with E-state index in [-0.39, 0.29) is 43.3 Å². The third-order valence-electron chi connectivity index (χ3n) is 8.66. The van der Waals surface area contributed by atoms with Gasteiger partial charge in [0.15, 0.2) is 0 Å². The zero-order valence-corrected chi connectivity index (χ0v) is 28.6. The third-order valence-corrected chi connectivity index (χ3v) is 8.66. The van der Waals surface area contributed by atoms with Gasteiger partial charge < -0.3 is 14.4 Å². The van der Waals surface area contributed by atoms with Gasteiger partial charge >= 0.3 is 6.18 Å². The van der Waals surface area contributed by atoms with Crippen LogP contribution in [0.15, 0.2) is 103 Å². The molecule has 0 amide bonds. The van der Waals surface area contributed by atoms with Crippen LogP contribution in [0.3, 0.4) is 0 Å². The van der Waals surface area contributed by atoms with Crippen molar-refractivity contribution in [3.05, 3.63) is 138 Å². The van der Waals surface area contributed by atoms with Crippen LogP contribution in [0.5, 0.6) is 0 Å². The van der Waals surface area contributed by atoms with E-state index in [2.05, 4.69) is 21.5 Å². The summed E-state index contributed by atoms with van der Waals surface area (Å²) >= 11 is 0. The molecule has 4 aromatic carbocycles. The molecule has 249 valence electrons. The van der Waals surface area contributed by atoms with Gasteiger partial charge in [-0.05, 0) is 49.1 Å². The zero-order valence-electron chi connectivity index (χ0n) is 32.2. The van der Waals surface area contributed by atoms with E-state index in [1.54, 1.807) is 6.20 Å². The number of nitrogens with zero attached hydrogens (tertiary/aromatic N) is 3. The van der Waals surface area contributed by atoms with Crippen LogP contribution in [-0.4, -0.2) is 20.5 Å². The fraction of sp³-hybridized carbons (Fsp3) is 0.171. The Kier molecular flexibility index (Phi) is 7.21. The van der Waals surface area contributed by atoms with Crippen molar-refractivity contribution < 1.29 is 45.9 Å². The van der Waals surface area contributed by atoms with Crippen LogP contribution in [0.2, 0.25) is 0 Å². The Bertz CT molecular complexity index is 2640. The first-order valence-corrected chi connectivity index (χ1v) is 15.1. The van der Waals surface area contributed by atoms with Crippen molar-refractivity contribution in [3.63, 3.8) is 0 Å². The predicted octanol–water partition coefficient (Wildman–Crippen LogP) is 11.1. The van der Waals surface area contributed by atoms with Crippen molar-refractivity contribution in [2.75, 3.05) is 0 Å². The van der Waals surface area contributed by atoms with Crippen molar-refractivity contribution in [3.8, 4) is 22.5 Å². The van der Waals surface area contributed by atoms with Crippen LogP contribution in [0.25, 0.3) is 60.6 Å². The maximum Gasteiger partial charge on any atom is 0.394 e. The molecule has 0 N–H and O–H groups in total. The van der Waals surface area contributed by atoms with Crippen LogP contribution >= 0.6 is 0 Å². The Balaban J connectivity index is 0.000000204. The second-order valence-electron chi connectivity index (χ2n) is 12.3. The molecule has 4 heterocycles. The van der Waals surface area contributed by atoms with E-state index in [1.165, 1.54) is 32.0 Å². The first kappa shape index (κ1) is 27.2. The van der Waals surface area contributed by atoms with Crippen LogP contribution in [-0.2, 0) is 26.5 Å². The average Bonchev–Trinajstić information content (AvgIpc) is 3.64. The van der Waals surface area contributed by atoms with E-state index in [4.69, 9.17) is 13.2 Å². The maximum atomic E-state index is 13.8. The van der Waals surface area contributed by atoms with Crippen molar-refractivity contribution in [1.82, 2.24) is 14.4 Å². The predicted molar refractivity (Wildman–Crippen MR) is 185 cm³/mol. The molecule has 49 heavy (non-hydrogen) atoms. The standard InChI is InChI=1S/C28H20F3N2.C13H11FN.Ir/c1-27(2,28(29,30)31)16-18-12-13-19-20-14-15-32-24(17-8-4-3-5-9-17)26(20)33-22-11-7-6-10-21(22)23(18)25(19)33;1-9-7-13(15-8-10(9)2)11-3-5-12(14)6-4-11;/h3-8,10-15H,16H2,1-2H3;3,5-8H,1-2H3;/q2*-1;/i;1D3,2D3;. The number of aromatic nitrogens is 3. The smallest absolute Gasteiger partial charge is 0.315 e. The minimum atomic E-state index is -4.29. The Morgan fingerprint density at radius 2 is 1.57 bits per heavy atom. The van der Waals surface area contributed by atoms with Gasteiger partial charge in [0.1, 0.15) is 0 Å². The second kappa shape index (κ2) is 13.0.